The maximum Gasteiger partial charge on any atom is 0.340 e. The molecule has 4 aromatic rings. The predicted molar refractivity (Wildman–Crippen MR) is 133 cm³/mol. The lowest BCUT2D eigenvalue weighted by atomic mass is 9.83. The van der Waals surface area contributed by atoms with E-state index in [4.69, 9.17) is 22.1 Å². The second-order valence-electron chi connectivity index (χ2n) is 8.00. The van der Waals surface area contributed by atoms with Crippen LogP contribution in [0.25, 0.3) is 0 Å². The molecule has 0 spiro atoms. The number of nitrogens with zero attached hydrogens (tertiary/aromatic N) is 3. The van der Waals surface area contributed by atoms with E-state index in [9.17, 15) is 14.4 Å². The SMILES string of the molecule is Cc1ccccc1Nc1nc(N)nc(COC(=O)c2ccc3c(c2Cl)C(=O)c2ccccc2C3=O)n1. The molecule has 3 aromatic carbocycles. The van der Waals surface area contributed by atoms with Gasteiger partial charge in [-0.3, -0.25) is 9.59 Å². The van der Waals surface area contributed by atoms with Crippen molar-refractivity contribution in [2.45, 2.75) is 13.5 Å². The third-order valence-electron chi connectivity index (χ3n) is 5.67. The van der Waals surface area contributed by atoms with E-state index in [0.717, 1.165) is 11.3 Å². The fourth-order valence-electron chi connectivity index (χ4n) is 3.90. The Bertz CT molecular complexity index is 1570. The normalized spacial score (nSPS) is 12.1. The summed E-state index contributed by atoms with van der Waals surface area (Å²) in [6.45, 7) is 1.60. The van der Waals surface area contributed by atoms with Gasteiger partial charge in [0, 0.05) is 22.4 Å². The summed E-state index contributed by atoms with van der Waals surface area (Å²) in [6.07, 6.45) is 0. The molecule has 0 bridgehead atoms. The van der Waals surface area contributed by atoms with Gasteiger partial charge in [-0.05, 0) is 30.7 Å². The van der Waals surface area contributed by atoms with E-state index in [1.807, 2.05) is 31.2 Å². The minimum absolute atomic E-state index is 0.0241. The van der Waals surface area contributed by atoms with Gasteiger partial charge in [0.15, 0.2) is 24.0 Å². The molecule has 36 heavy (non-hydrogen) atoms. The number of aryl methyl sites for hydroxylation is 1. The molecule has 0 amide bonds. The lowest BCUT2D eigenvalue weighted by molar-refractivity contribution is 0.0462. The molecule has 0 saturated carbocycles. The Labute approximate surface area is 210 Å². The van der Waals surface area contributed by atoms with Crippen molar-refractivity contribution in [3.8, 4) is 0 Å². The summed E-state index contributed by atoms with van der Waals surface area (Å²) in [4.78, 5) is 51.1. The van der Waals surface area contributed by atoms with Crippen molar-refractivity contribution in [2.24, 2.45) is 0 Å². The molecule has 9 nitrogen and oxygen atoms in total. The van der Waals surface area contributed by atoms with Crippen LogP contribution in [0.15, 0.2) is 60.7 Å². The van der Waals surface area contributed by atoms with Crippen LogP contribution in [0.4, 0.5) is 17.6 Å². The molecule has 1 aromatic heterocycles. The number of ether oxygens (including phenoxy) is 1. The Hall–Kier alpha value is -4.63. The van der Waals surface area contributed by atoms with Crippen LogP contribution in [0.1, 0.15) is 53.6 Å². The molecule has 3 N–H and O–H groups in total. The molecule has 0 aliphatic heterocycles. The molecule has 1 aliphatic rings. The van der Waals surface area contributed by atoms with Gasteiger partial charge in [-0.1, -0.05) is 54.1 Å². The molecule has 0 atom stereocenters. The average molecular weight is 500 g/mol. The summed E-state index contributed by atoms with van der Waals surface area (Å²) in [5.41, 5.74) is 8.14. The molecule has 5 rings (SSSR count). The number of rotatable bonds is 5. The predicted octanol–water partition coefficient (Wildman–Crippen LogP) is 4.29. The summed E-state index contributed by atoms with van der Waals surface area (Å²) in [5, 5.41) is 2.91. The highest BCUT2D eigenvalue weighted by Gasteiger charge is 2.33. The van der Waals surface area contributed by atoms with E-state index >= 15 is 0 Å². The van der Waals surface area contributed by atoms with E-state index in [0.29, 0.717) is 5.56 Å². The summed E-state index contributed by atoms with van der Waals surface area (Å²) in [6, 6.07) is 16.8. The molecule has 0 saturated heterocycles. The second kappa shape index (κ2) is 9.20. The van der Waals surface area contributed by atoms with E-state index < -0.39 is 11.8 Å². The molecule has 0 unspecified atom stereocenters. The first-order valence-corrected chi connectivity index (χ1v) is 11.2. The highest BCUT2D eigenvalue weighted by molar-refractivity contribution is 6.41. The van der Waals surface area contributed by atoms with Crippen LogP contribution in [-0.2, 0) is 11.3 Å². The third-order valence-corrected chi connectivity index (χ3v) is 6.07. The van der Waals surface area contributed by atoms with Crippen molar-refractivity contribution in [1.29, 1.82) is 0 Å². The first-order valence-electron chi connectivity index (χ1n) is 10.8. The Morgan fingerprint density at radius 1 is 0.917 bits per heavy atom. The summed E-state index contributed by atoms with van der Waals surface area (Å²) >= 11 is 6.44. The van der Waals surface area contributed by atoms with Crippen LogP contribution < -0.4 is 11.1 Å². The smallest absolute Gasteiger partial charge is 0.340 e. The molecular weight excluding hydrogens is 482 g/mol. The van der Waals surface area contributed by atoms with E-state index in [1.54, 1.807) is 24.3 Å². The van der Waals surface area contributed by atoms with Crippen LogP contribution in [0, 0.1) is 6.92 Å². The zero-order valence-corrected chi connectivity index (χ0v) is 19.7. The van der Waals surface area contributed by atoms with Gasteiger partial charge >= 0.3 is 5.97 Å². The van der Waals surface area contributed by atoms with Gasteiger partial charge in [0.2, 0.25) is 11.9 Å². The molecule has 1 heterocycles. The number of carbonyl (C=O) groups excluding carboxylic acids is 3. The van der Waals surface area contributed by atoms with Crippen molar-refractivity contribution in [3.63, 3.8) is 0 Å². The zero-order valence-electron chi connectivity index (χ0n) is 18.9. The lowest BCUT2D eigenvalue weighted by Gasteiger charge is -2.19. The number of hydrogen-bond donors (Lipinski definition) is 2. The highest BCUT2D eigenvalue weighted by Crippen LogP contribution is 2.34. The number of fused-ring (bicyclic) bond motifs is 2. The van der Waals surface area contributed by atoms with Gasteiger partial charge in [-0.15, -0.1) is 0 Å². The number of para-hydroxylation sites is 1. The molecule has 0 radical (unpaired) electrons. The van der Waals surface area contributed by atoms with Crippen molar-refractivity contribution >= 4 is 46.7 Å². The van der Waals surface area contributed by atoms with Crippen LogP contribution in [0.3, 0.4) is 0 Å². The van der Waals surface area contributed by atoms with Gasteiger partial charge in [0.05, 0.1) is 16.1 Å². The Kier molecular flexibility index (Phi) is 5.91. The fraction of sp³-hybridized carbons (Fsp3) is 0.0769. The third kappa shape index (κ3) is 4.16. The van der Waals surface area contributed by atoms with Gasteiger partial charge in [0.25, 0.3) is 0 Å². The van der Waals surface area contributed by atoms with Crippen molar-refractivity contribution in [2.75, 3.05) is 11.1 Å². The molecule has 178 valence electrons. The summed E-state index contributed by atoms with van der Waals surface area (Å²) in [5.74, 6) is -1.33. The Balaban J connectivity index is 1.37. The highest BCUT2D eigenvalue weighted by atomic mass is 35.5. The maximum atomic E-state index is 13.0. The molecular formula is C26H18ClN5O4. The van der Waals surface area contributed by atoms with Crippen LogP contribution in [0.5, 0.6) is 0 Å². The summed E-state index contributed by atoms with van der Waals surface area (Å²) in [7, 11) is 0. The number of benzene rings is 3. The quantitative estimate of drug-likeness (QED) is 0.339. The topological polar surface area (TPSA) is 137 Å². The molecule has 10 heteroatoms. The van der Waals surface area contributed by atoms with E-state index in [-0.39, 0.29) is 57.4 Å². The van der Waals surface area contributed by atoms with Crippen LogP contribution in [-0.4, -0.2) is 32.5 Å². The number of carbonyl (C=O) groups is 3. The number of nitrogens with one attached hydrogen (secondary N) is 1. The van der Waals surface area contributed by atoms with Gasteiger partial charge < -0.3 is 15.8 Å². The van der Waals surface area contributed by atoms with Crippen molar-refractivity contribution in [3.05, 3.63) is 105 Å². The first-order chi connectivity index (χ1) is 17.3. The number of aromatic nitrogens is 3. The van der Waals surface area contributed by atoms with Gasteiger partial charge in [-0.25, -0.2) is 4.79 Å². The van der Waals surface area contributed by atoms with Crippen LogP contribution >= 0.6 is 11.6 Å². The van der Waals surface area contributed by atoms with Gasteiger partial charge in [-0.2, -0.15) is 15.0 Å². The average Bonchev–Trinajstić information content (AvgIpc) is 2.87. The fourth-order valence-corrected chi connectivity index (χ4v) is 4.23. The number of anilines is 3. The van der Waals surface area contributed by atoms with E-state index in [2.05, 4.69) is 20.3 Å². The Morgan fingerprint density at radius 3 is 2.36 bits per heavy atom. The number of hydrogen-bond acceptors (Lipinski definition) is 9. The molecule has 1 aliphatic carbocycles. The zero-order chi connectivity index (χ0) is 25.4. The standard InChI is InChI=1S/C26H18ClN5O4/c1-13-6-2-5-9-18(13)29-26-31-19(30-25(28)32-26)12-36-24(35)17-11-10-16-20(21(17)27)23(34)15-8-4-3-7-14(15)22(16)33/h2-11H,12H2,1H3,(H3,28,29,30,31,32). The summed E-state index contributed by atoms with van der Waals surface area (Å²) < 4.78 is 5.35. The largest absolute Gasteiger partial charge is 0.454 e. The first kappa shape index (κ1) is 23.1. The minimum atomic E-state index is -0.811. The number of nitrogen functional groups attached to an aromatic ring is 1. The second-order valence-corrected chi connectivity index (χ2v) is 8.38. The molecule has 0 fully saturated rings. The van der Waals surface area contributed by atoms with E-state index in [1.165, 1.54) is 12.1 Å². The lowest BCUT2D eigenvalue weighted by Crippen LogP contribution is -2.22. The van der Waals surface area contributed by atoms with Crippen LogP contribution in [0.2, 0.25) is 5.02 Å². The van der Waals surface area contributed by atoms with Crippen molar-refractivity contribution < 1.29 is 19.1 Å². The number of halogens is 1. The number of ketones is 2. The van der Waals surface area contributed by atoms with Gasteiger partial charge in [0.1, 0.15) is 0 Å². The number of esters is 1. The minimum Gasteiger partial charge on any atom is -0.454 e. The van der Waals surface area contributed by atoms with Crippen molar-refractivity contribution in [1.82, 2.24) is 15.0 Å². The Morgan fingerprint density at radius 2 is 1.61 bits per heavy atom. The maximum absolute atomic E-state index is 13.0. The monoisotopic (exact) mass is 499 g/mol. The number of nitrogens with two attached hydrogens (primary N) is 1.